The molecule has 1 amide bonds. The summed E-state index contributed by atoms with van der Waals surface area (Å²) in [5.74, 6) is -12.7. The number of hydrogen-bond donors (Lipinski definition) is 0. The molecule has 0 bridgehead atoms. The first-order valence-corrected chi connectivity index (χ1v) is 17.5. The van der Waals surface area contributed by atoms with Crippen LogP contribution in [0, 0.1) is 40.4 Å². The fourth-order valence-corrected chi connectivity index (χ4v) is 8.04. The number of aromatic nitrogens is 1. The number of anilines is 1. The van der Waals surface area contributed by atoms with Gasteiger partial charge in [-0.3, -0.25) is 9.78 Å². The van der Waals surface area contributed by atoms with Crippen molar-refractivity contribution in [1.82, 2.24) is 9.29 Å². The molecule has 1 saturated heterocycles. The molecule has 0 radical (unpaired) electrons. The first kappa shape index (κ1) is 35.0. The topological polar surface area (TPSA) is 104 Å². The minimum absolute atomic E-state index is 0.0909. The Morgan fingerprint density at radius 1 is 0.900 bits per heavy atom. The summed E-state index contributed by atoms with van der Waals surface area (Å²) >= 11 is 0. The van der Waals surface area contributed by atoms with Crippen LogP contribution >= 0.6 is 0 Å². The van der Waals surface area contributed by atoms with Gasteiger partial charge in [0.15, 0.2) is 28.2 Å². The van der Waals surface area contributed by atoms with Crippen LogP contribution in [0.1, 0.15) is 66.8 Å². The Labute approximate surface area is 285 Å². The maximum atomic E-state index is 14.7. The van der Waals surface area contributed by atoms with Gasteiger partial charge in [0.05, 0.1) is 17.8 Å². The SMILES string of the molecule is N#Cc1ccc(N(Cc2ccc(C3CCCCC3)cn2)C(=O)[C@H]2CCN2S(=O)(=O)c2c(F)c(F)c(F)c(F)c2F)cc1OCc1ccccc1. The number of ether oxygens (including phenoxy) is 1. The van der Waals surface area contributed by atoms with E-state index in [0.717, 1.165) is 36.8 Å². The molecule has 2 heterocycles. The predicted molar refractivity (Wildman–Crippen MR) is 172 cm³/mol. The fourth-order valence-electron chi connectivity index (χ4n) is 6.30. The van der Waals surface area contributed by atoms with Gasteiger partial charge in [0.2, 0.25) is 21.7 Å². The molecule has 6 rings (SSSR count). The van der Waals surface area contributed by atoms with E-state index in [9.17, 15) is 40.4 Å². The lowest BCUT2D eigenvalue weighted by Crippen LogP contribution is -2.59. The first-order chi connectivity index (χ1) is 24.0. The van der Waals surface area contributed by atoms with Crippen LogP contribution in [0.3, 0.4) is 0 Å². The van der Waals surface area contributed by atoms with Crippen LogP contribution in [0.15, 0.2) is 71.8 Å². The molecule has 1 aliphatic heterocycles. The summed E-state index contributed by atoms with van der Waals surface area (Å²) < 4.78 is 104. The number of amides is 1. The second-order valence-corrected chi connectivity index (χ2v) is 14.1. The molecule has 8 nitrogen and oxygen atoms in total. The van der Waals surface area contributed by atoms with Gasteiger partial charge in [-0.25, -0.2) is 30.4 Å². The molecular formula is C36H31F5N4O4S. The Bertz CT molecular complexity index is 2020. The van der Waals surface area contributed by atoms with E-state index in [1.165, 1.54) is 29.5 Å². The molecule has 2 aliphatic rings. The van der Waals surface area contributed by atoms with Gasteiger partial charge in [-0.15, -0.1) is 0 Å². The van der Waals surface area contributed by atoms with Crippen molar-refractivity contribution >= 4 is 21.6 Å². The molecule has 1 aromatic heterocycles. The van der Waals surface area contributed by atoms with Crippen molar-refractivity contribution in [1.29, 1.82) is 5.26 Å². The Hall–Kier alpha value is -4.87. The van der Waals surface area contributed by atoms with Gasteiger partial charge < -0.3 is 9.64 Å². The van der Waals surface area contributed by atoms with Crippen molar-refractivity contribution in [3.63, 3.8) is 0 Å². The zero-order valence-corrected chi connectivity index (χ0v) is 27.4. The van der Waals surface area contributed by atoms with E-state index < -0.39 is 62.5 Å². The third-order valence-corrected chi connectivity index (χ3v) is 11.1. The Kier molecular flexibility index (Phi) is 10.2. The molecule has 260 valence electrons. The monoisotopic (exact) mass is 710 g/mol. The van der Waals surface area contributed by atoms with Gasteiger partial charge in [0.1, 0.15) is 24.5 Å². The molecule has 1 aliphatic carbocycles. The molecule has 2 fully saturated rings. The Balaban J connectivity index is 1.34. The maximum Gasteiger partial charge on any atom is 0.249 e. The summed E-state index contributed by atoms with van der Waals surface area (Å²) in [5, 5.41) is 9.76. The van der Waals surface area contributed by atoms with E-state index >= 15 is 0 Å². The molecular weight excluding hydrogens is 679 g/mol. The molecule has 0 spiro atoms. The molecule has 14 heteroatoms. The van der Waals surface area contributed by atoms with Crippen LogP contribution in [0.4, 0.5) is 27.6 Å². The van der Waals surface area contributed by atoms with Gasteiger partial charge in [0.25, 0.3) is 0 Å². The number of rotatable bonds is 10. The van der Waals surface area contributed by atoms with Gasteiger partial charge in [-0.2, -0.15) is 9.57 Å². The number of benzene rings is 3. The van der Waals surface area contributed by atoms with E-state index in [-0.39, 0.29) is 36.6 Å². The number of nitrogens with zero attached hydrogens (tertiary/aromatic N) is 4. The summed E-state index contributed by atoms with van der Waals surface area (Å²) in [5.41, 5.74) is 2.64. The lowest BCUT2D eigenvalue weighted by Gasteiger charge is -2.41. The third kappa shape index (κ3) is 6.80. The molecule has 4 aromatic rings. The molecule has 1 saturated carbocycles. The third-order valence-electron chi connectivity index (χ3n) is 9.14. The molecule has 3 aromatic carbocycles. The minimum Gasteiger partial charge on any atom is -0.487 e. The molecule has 1 atom stereocenters. The highest BCUT2D eigenvalue weighted by atomic mass is 32.2. The van der Waals surface area contributed by atoms with Crippen LogP contribution in [-0.2, 0) is 28.0 Å². The van der Waals surface area contributed by atoms with E-state index in [1.54, 1.807) is 12.3 Å². The second kappa shape index (κ2) is 14.5. The summed E-state index contributed by atoms with van der Waals surface area (Å²) in [6.45, 7) is -0.506. The lowest BCUT2D eigenvalue weighted by atomic mass is 9.85. The Morgan fingerprint density at radius 3 is 2.18 bits per heavy atom. The number of nitriles is 1. The van der Waals surface area contributed by atoms with Gasteiger partial charge in [-0.1, -0.05) is 55.7 Å². The summed E-state index contributed by atoms with van der Waals surface area (Å²) in [4.78, 5) is 18.0. The number of hydrogen-bond acceptors (Lipinski definition) is 6. The highest BCUT2D eigenvalue weighted by Gasteiger charge is 2.48. The van der Waals surface area contributed by atoms with Crippen molar-refractivity contribution in [3.8, 4) is 11.8 Å². The average molecular weight is 711 g/mol. The highest BCUT2D eigenvalue weighted by Crippen LogP contribution is 2.36. The first-order valence-electron chi connectivity index (χ1n) is 16.0. The van der Waals surface area contributed by atoms with Crippen molar-refractivity contribution in [3.05, 3.63) is 118 Å². The van der Waals surface area contributed by atoms with E-state index in [4.69, 9.17) is 4.74 Å². The van der Waals surface area contributed by atoms with Crippen LogP contribution in [0.5, 0.6) is 5.75 Å². The number of sulfonamides is 1. The average Bonchev–Trinajstić information content (AvgIpc) is 3.11. The number of halogens is 5. The molecule has 0 unspecified atom stereocenters. The predicted octanol–water partition coefficient (Wildman–Crippen LogP) is 7.27. The summed E-state index contributed by atoms with van der Waals surface area (Å²) in [6, 6.07) is 17.6. The van der Waals surface area contributed by atoms with Crippen LogP contribution in [0.2, 0.25) is 0 Å². The standard InChI is InChI=1S/C36H31F5N4O4S/c37-30-31(38)33(40)35(34(41)32(30)39)50(47,48)45-16-15-28(45)36(46)44(20-26-13-11-25(19-43-26)23-9-5-2-6-10-23)27-14-12-24(18-42)29(17-27)49-21-22-7-3-1-4-8-22/h1,3-4,7-8,11-14,17,19,23,28H,2,5-6,9-10,15-16,20-21H2/t28-/m1/s1. The normalized spacial score (nSPS) is 16.8. The smallest absolute Gasteiger partial charge is 0.249 e. The zero-order valence-electron chi connectivity index (χ0n) is 26.6. The fraction of sp³-hybridized carbons (Fsp3) is 0.306. The number of pyridine rings is 1. The van der Waals surface area contributed by atoms with E-state index in [2.05, 4.69) is 4.98 Å². The lowest BCUT2D eigenvalue weighted by molar-refractivity contribution is -0.125. The Morgan fingerprint density at radius 2 is 1.58 bits per heavy atom. The van der Waals surface area contributed by atoms with E-state index in [1.807, 2.05) is 42.5 Å². The quantitative estimate of drug-likeness (QED) is 0.0975. The van der Waals surface area contributed by atoms with Gasteiger partial charge >= 0.3 is 0 Å². The molecule has 0 N–H and O–H groups in total. The van der Waals surface area contributed by atoms with Crippen LogP contribution in [-0.4, -0.2) is 36.2 Å². The van der Waals surface area contributed by atoms with Crippen LogP contribution in [0.25, 0.3) is 0 Å². The van der Waals surface area contributed by atoms with Gasteiger partial charge in [0, 0.05) is 24.5 Å². The number of carbonyl (C=O) groups is 1. The maximum absolute atomic E-state index is 14.7. The molecule has 50 heavy (non-hydrogen) atoms. The minimum atomic E-state index is -5.38. The van der Waals surface area contributed by atoms with Crippen molar-refractivity contribution in [2.24, 2.45) is 0 Å². The second-order valence-electron chi connectivity index (χ2n) is 12.2. The van der Waals surface area contributed by atoms with E-state index in [0.29, 0.717) is 15.9 Å². The summed E-state index contributed by atoms with van der Waals surface area (Å²) in [7, 11) is -5.38. The van der Waals surface area contributed by atoms with Crippen molar-refractivity contribution in [2.45, 2.75) is 68.5 Å². The highest BCUT2D eigenvalue weighted by molar-refractivity contribution is 7.89. The number of carbonyl (C=O) groups excluding carboxylic acids is 1. The van der Waals surface area contributed by atoms with Crippen LogP contribution < -0.4 is 9.64 Å². The van der Waals surface area contributed by atoms with Gasteiger partial charge in [-0.05, 0) is 54.5 Å². The van der Waals surface area contributed by atoms with Crippen molar-refractivity contribution in [2.75, 3.05) is 11.4 Å². The summed E-state index contributed by atoms with van der Waals surface area (Å²) in [6.07, 6.45) is 7.13. The zero-order chi connectivity index (χ0) is 35.6. The largest absolute Gasteiger partial charge is 0.487 e. The van der Waals surface area contributed by atoms with Crippen molar-refractivity contribution < 1.29 is 39.9 Å².